The first-order valence-corrected chi connectivity index (χ1v) is 6.02. The van der Waals surface area contributed by atoms with E-state index in [4.69, 9.17) is 0 Å². The van der Waals surface area contributed by atoms with E-state index in [1.807, 2.05) is 26.2 Å². The topological polar surface area (TPSA) is 20.3 Å². The van der Waals surface area contributed by atoms with E-state index >= 15 is 0 Å². The zero-order chi connectivity index (χ0) is 12.3. The summed E-state index contributed by atoms with van der Waals surface area (Å²) >= 11 is 0. The standard InChI is InChI=1S/C15H17NO/c1-16(2)10-9-15(17)14-8-7-12-5-3-4-6-13(12)11-14/h7-8,11H,3-6H2,1-2H3. The lowest BCUT2D eigenvalue weighted by Crippen LogP contribution is -2.06. The third-order valence-electron chi connectivity index (χ3n) is 3.00. The molecule has 0 heterocycles. The summed E-state index contributed by atoms with van der Waals surface area (Å²) in [6.45, 7) is 0. The molecule has 0 atom stereocenters. The predicted octanol–water partition coefficient (Wildman–Crippen LogP) is 2.27. The normalized spacial score (nSPS) is 13.3. The average molecular weight is 227 g/mol. The minimum atomic E-state index is -0.0907. The molecule has 0 fully saturated rings. The summed E-state index contributed by atoms with van der Waals surface area (Å²) in [5.74, 6) is 2.55. The quantitative estimate of drug-likeness (QED) is 0.417. The molecular formula is C15H17NO. The van der Waals surface area contributed by atoms with Gasteiger partial charge in [-0.3, -0.25) is 4.79 Å². The van der Waals surface area contributed by atoms with Gasteiger partial charge in [0.15, 0.2) is 0 Å². The Morgan fingerprint density at radius 3 is 2.59 bits per heavy atom. The second kappa shape index (κ2) is 5.05. The average Bonchev–Trinajstić information content (AvgIpc) is 2.35. The van der Waals surface area contributed by atoms with Crippen LogP contribution in [-0.2, 0) is 12.8 Å². The van der Waals surface area contributed by atoms with E-state index in [9.17, 15) is 4.79 Å². The lowest BCUT2D eigenvalue weighted by atomic mass is 9.90. The maximum absolute atomic E-state index is 11.8. The Morgan fingerprint density at radius 2 is 1.88 bits per heavy atom. The molecule has 0 aliphatic heterocycles. The van der Waals surface area contributed by atoms with Crippen LogP contribution < -0.4 is 0 Å². The van der Waals surface area contributed by atoms with Crippen molar-refractivity contribution in [3.63, 3.8) is 0 Å². The van der Waals surface area contributed by atoms with Crippen molar-refractivity contribution in [1.82, 2.24) is 4.90 Å². The minimum absolute atomic E-state index is 0.0907. The van der Waals surface area contributed by atoms with Gasteiger partial charge in [0, 0.05) is 25.7 Å². The number of aryl methyl sites for hydroxylation is 2. The first kappa shape index (κ1) is 11.7. The number of carbonyl (C=O) groups is 1. The highest BCUT2D eigenvalue weighted by molar-refractivity contribution is 6.09. The molecule has 2 rings (SSSR count). The van der Waals surface area contributed by atoms with E-state index in [0.717, 1.165) is 18.4 Å². The van der Waals surface area contributed by atoms with Gasteiger partial charge in [-0.25, -0.2) is 0 Å². The number of hydrogen-bond acceptors (Lipinski definition) is 2. The molecule has 88 valence electrons. The van der Waals surface area contributed by atoms with Crippen molar-refractivity contribution in [2.24, 2.45) is 0 Å². The van der Waals surface area contributed by atoms with Gasteiger partial charge >= 0.3 is 0 Å². The maximum atomic E-state index is 11.8. The Labute approximate surface area is 103 Å². The number of carbonyl (C=O) groups excluding carboxylic acids is 1. The first-order chi connectivity index (χ1) is 8.16. The van der Waals surface area contributed by atoms with Crippen molar-refractivity contribution in [2.75, 3.05) is 14.1 Å². The summed E-state index contributed by atoms with van der Waals surface area (Å²) < 4.78 is 0. The Morgan fingerprint density at radius 1 is 1.18 bits per heavy atom. The van der Waals surface area contributed by atoms with Crippen molar-refractivity contribution in [2.45, 2.75) is 25.7 Å². The number of rotatable bonds is 1. The number of fused-ring (bicyclic) bond motifs is 1. The second-order valence-corrected chi connectivity index (χ2v) is 4.65. The van der Waals surface area contributed by atoms with Crippen LogP contribution in [0.5, 0.6) is 0 Å². The molecule has 0 bridgehead atoms. The molecule has 17 heavy (non-hydrogen) atoms. The lowest BCUT2D eigenvalue weighted by Gasteiger charge is -2.15. The largest absolute Gasteiger partial charge is 0.338 e. The molecule has 2 heteroatoms. The van der Waals surface area contributed by atoms with Gasteiger partial charge in [-0.1, -0.05) is 12.1 Å². The summed E-state index contributed by atoms with van der Waals surface area (Å²) in [5.41, 5.74) is 3.45. The lowest BCUT2D eigenvalue weighted by molar-refractivity contribution is 0.105. The number of Topliss-reactive ketones (excluding diaryl/α,β-unsaturated/α-hetero) is 1. The molecule has 0 unspecified atom stereocenters. The zero-order valence-corrected chi connectivity index (χ0v) is 10.4. The van der Waals surface area contributed by atoms with Crippen LogP contribution in [0, 0.1) is 12.0 Å². The van der Waals surface area contributed by atoms with Crippen LogP contribution in [0.4, 0.5) is 0 Å². The zero-order valence-electron chi connectivity index (χ0n) is 10.4. The molecule has 0 aromatic heterocycles. The highest BCUT2D eigenvalue weighted by Crippen LogP contribution is 2.22. The number of nitrogens with zero attached hydrogens (tertiary/aromatic N) is 1. The van der Waals surface area contributed by atoms with Crippen molar-refractivity contribution in [3.05, 3.63) is 34.9 Å². The van der Waals surface area contributed by atoms with Gasteiger partial charge in [-0.05, 0) is 48.8 Å². The molecule has 2 nitrogen and oxygen atoms in total. The van der Waals surface area contributed by atoms with Crippen LogP contribution in [0.2, 0.25) is 0 Å². The summed E-state index contributed by atoms with van der Waals surface area (Å²) in [6, 6.07) is 8.75. The van der Waals surface area contributed by atoms with E-state index in [2.05, 4.69) is 18.0 Å². The molecule has 0 saturated heterocycles. The summed E-state index contributed by atoms with van der Waals surface area (Å²) in [4.78, 5) is 13.5. The molecule has 1 aromatic rings. The molecule has 0 saturated carbocycles. The fourth-order valence-corrected chi connectivity index (χ4v) is 2.11. The second-order valence-electron chi connectivity index (χ2n) is 4.65. The first-order valence-electron chi connectivity index (χ1n) is 6.02. The maximum Gasteiger partial charge on any atom is 0.237 e. The molecule has 0 spiro atoms. The van der Waals surface area contributed by atoms with Gasteiger partial charge in [-0.15, -0.1) is 0 Å². The molecule has 1 aromatic carbocycles. The van der Waals surface area contributed by atoms with Gasteiger partial charge in [0.1, 0.15) is 0 Å². The van der Waals surface area contributed by atoms with Crippen LogP contribution in [0.1, 0.15) is 34.3 Å². The Hall–Kier alpha value is -1.75. The van der Waals surface area contributed by atoms with Crippen LogP contribution in [-0.4, -0.2) is 24.8 Å². The van der Waals surface area contributed by atoms with Gasteiger partial charge < -0.3 is 4.90 Å². The summed E-state index contributed by atoms with van der Waals surface area (Å²) in [5, 5.41) is 0. The van der Waals surface area contributed by atoms with Gasteiger partial charge in [0.25, 0.3) is 0 Å². The fraction of sp³-hybridized carbons (Fsp3) is 0.400. The van der Waals surface area contributed by atoms with E-state index < -0.39 is 0 Å². The number of ketones is 1. The van der Waals surface area contributed by atoms with E-state index in [0.29, 0.717) is 0 Å². The SMILES string of the molecule is CN(C)C#CC(=O)c1ccc2c(c1)CCCC2. The van der Waals surface area contributed by atoms with Crippen LogP contribution in [0.3, 0.4) is 0 Å². The van der Waals surface area contributed by atoms with E-state index in [1.54, 1.807) is 4.90 Å². The van der Waals surface area contributed by atoms with Gasteiger partial charge in [0.05, 0.1) is 0 Å². The van der Waals surface area contributed by atoms with Crippen LogP contribution >= 0.6 is 0 Å². The highest BCUT2D eigenvalue weighted by Gasteiger charge is 2.11. The molecule has 0 N–H and O–H groups in total. The Bertz CT molecular complexity index is 491. The van der Waals surface area contributed by atoms with Gasteiger partial charge in [-0.2, -0.15) is 0 Å². The van der Waals surface area contributed by atoms with E-state index in [-0.39, 0.29) is 5.78 Å². The van der Waals surface area contributed by atoms with Crippen molar-refractivity contribution in [3.8, 4) is 12.0 Å². The highest BCUT2D eigenvalue weighted by atomic mass is 16.1. The van der Waals surface area contributed by atoms with E-state index in [1.165, 1.54) is 24.0 Å². The number of hydrogen-bond donors (Lipinski definition) is 0. The summed E-state index contributed by atoms with van der Waals surface area (Å²) in [7, 11) is 3.65. The monoisotopic (exact) mass is 227 g/mol. The number of benzene rings is 1. The van der Waals surface area contributed by atoms with Gasteiger partial charge in [0.2, 0.25) is 5.78 Å². The molecule has 0 amide bonds. The van der Waals surface area contributed by atoms with Crippen LogP contribution in [0.15, 0.2) is 18.2 Å². The van der Waals surface area contributed by atoms with Crippen molar-refractivity contribution in [1.29, 1.82) is 0 Å². The fourth-order valence-electron chi connectivity index (χ4n) is 2.11. The minimum Gasteiger partial charge on any atom is -0.338 e. The third kappa shape index (κ3) is 2.88. The van der Waals surface area contributed by atoms with Crippen molar-refractivity contribution >= 4 is 5.78 Å². The smallest absolute Gasteiger partial charge is 0.237 e. The molecule has 1 aliphatic rings. The molecule has 1 aliphatic carbocycles. The summed E-state index contributed by atoms with van der Waals surface area (Å²) in [6.07, 6.45) is 4.74. The third-order valence-corrected chi connectivity index (χ3v) is 3.00. The van der Waals surface area contributed by atoms with Crippen LogP contribution in [0.25, 0.3) is 0 Å². The Balaban J connectivity index is 2.23. The predicted molar refractivity (Wildman–Crippen MR) is 68.9 cm³/mol. The van der Waals surface area contributed by atoms with Crippen molar-refractivity contribution < 1.29 is 4.79 Å². The molecule has 0 radical (unpaired) electrons. The Kier molecular flexibility index (Phi) is 3.49. The molecular weight excluding hydrogens is 210 g/mol.